The lowest BCUT2D eigenvalue weighted by molar-refractivity contribution is 0.325. The molecule has 0 spiro atoms. The van der Waals surface area contributed by atoms with Crippen LogP contribution in [0.2, 0.25) is 0 Å². The zero-order valence-corrected chi connectivity index (χ0v) is 10.5. The van der Waals surface area contributed by atoms with Gasteiger partial charge in [0.2, 0.25) is 0 Å². The van der Waals surface area contributed by atoms with E-state index >= 15 is 0 Å². The number of aromatic nitrogens is 3. The highest BCUT2D eigenvalue weighted by molar-refractivity contribution is 5.09. The molecule has 1 N–H and O–H groups in total. The van der Waals surface area contributed by atoms with Gasteiger partial charge in [0.15, 0.2) is 5.76 Å². The Bertz CT molecular complexity index is 491. The van der Waals surface area contributed by atoms with Crippen molar-refractivity contribution >= 4 is 0 Å². The standard InChI is InChI=1S/C13H18N4O/c1-10-3-2-4-12(16-10)13-7-14-9-17(13)8-11-5-6-15-18-11/h5-7,9-10,12,16H,2-4,8H2,1H3. The minimum atomic E-state index is 0.402. The van der Waals surface area contributed by atoms with Crippen molar-refractivity contribution in [2.24, 2.45) is 0 Å². The zero-order valence-electron chi connectivity index (χ0n) is 10.5. The lowest BCUT2D eigenvalue weighted by Crippen LogP contribution is -2.35. The number of hydrogen-bond donors (Lipinski definition) is 1. The number of nitrogens with zero attached hydrogens (tertiary/aromatic N) is 3. The fourth-order valence-electron chi connectivity index (χ4n) is 2.62. The summed E-state index contributed by atoms with van der Waals surface area (Å²) in [5.41, 5.74) is 1.23. The maximum Gasteiger partial charge on any atom is 0.156 e. The highest BCUT2D eigenvalue weighted by atomic mass is 16.5. The Balaban J connectivity index is 1.78. The van der Waals surface area contributed by atoms with Crippen LogP contribution in [0.5, 0.6) is 0 Å². The molecule has 2 aromatic rings. The predicted octanol–water partition coefficient (Wildman–Crippen LogP) is 2.12. The van der Waals surface area contributed by atoms with Crippen LogP contribution in [-0.4, -0.2) is 20.7 Å². The Morgan fingerprint density at radius 1 is 1.50 bits per heavy atom. The third-order valence-corrected chi connectivity index (χ3v) is 3.53. The van der Waals surface area contributed by atoms with E-state index in [0.29, 0.717) is 18.6 Å². The molecule has 1 aliphatic rings. The van der Waals surface area contributed by atoms with E-state index in [9.17, 15) is 0 Å². The van der Waals surface area contributed by atoms with Gasteiger partial charge in [0.1, 0.15) is 0 Å². The molecular weight excluding hydrogens is 228 g/mol. The summed E-state index contributed by atoms with van der Waals surface area (Å²) in [6.07, 6.45) is 9.18. The van der Waals surface area contributed by atoms with Crippen LogP contribution in [0.1, 0.15) is 43.7 Å². The minimum Gasteiger partial charge on any atom is -0.359 e. The zero-order chi connectivity index (χ0) is 12.4. The molecule has 0 aliphatic carbocycles. The van der Waals surface area contributed by atoms with E-state index in [1.807, 2.05) is 18.6 Å². The summed E-state index contributed by atoms with van der Waals surface area (Å²) < 4.78 is 7.29. The molecule has 5 heteroatoms. The van der Waals surface area contributed by atoms with Gasteiger partial charge >= 0.3 is 0 Å². The normalized spacial score (nSPS) is 24.3. The second kappa shape index (κ2) is 4.94. The van der Waals surface area contributed by atoms with E-state index in [1.165, 1.54) is 25.0 Å². The van der Waals surface area contributed by atoms with Crippen LogP contribution in [0.15, 0.2) is 29.3 Å². The highest BCUT2D eigenvalue weighted by Gasteiger charge is 2.22. The van der Waals surface area contributed by atoms with Gasteiger partial charge in [-0.3, -0.25) is 0 Å². The maximum absolute atomic E-state index is 5.15. The third kappa shape index (κ3) is 2.31. The fraction of sp³-hybridized carbons (Fsp3) is 0.538. The van der Waals surface area contributed by atoms with E-state index in [-0.39, 0.29) is 0 Å². The molecule has 5 nitrogen and oxygen atoms in total. The van der Waals surface area contributed by atoms with E-state index in [0.717, 1.165) is 5.76 Å². The third-order valence-electron chi connectivity index (χ3n) is 3.53. The number of imidazole rings is 1. The molecule has 1 saturated heterocycles. The Morgan fingerprint density at radius 3 is 3.22 bits per heavy atom. The van der Waals surface area contributed by atoms with Crippen molar-refractivity contribution in [1.29, 1.82) is 0 Å². The monoisotopic (exact) mass is 246 g/mol. The molecule has 0 aromatic carbocycles. The lowest BCUT2D eigenvalue weighted by Gasteiger charge is -2.29. The minimum absolute atomic E-state index is 0.402. The molecule has 96 valence electrons. The molecule has 1 fully saturated rings. The molecule has 2 unspecified atom stereocenters. The van der Waals surface area contributed by atoms with Crippen molar-refractivity contribution in [1.82, 2.24) is 20.0 Å². The molecule has 0 saturated carbocycles. The van der Waals surface area contributed by atoms with Crippen molar-refractivity contribution in [2.75, 3.05) is 0 Å². The second-order valence-corrected chi connectivity index (χ2v) is 4.98. The Hall–Kier alpha value is -1.62. The Labute approximate surface area is 106 Å². The van der Waals surface area contributed by atoms with Crippen LogP contribution in [-0.2, 0) is 6.54 Å². The summed E-state index contributed by atoms with van der Waals surface area (Å²) >= 11 is 0. The first-order valence-electron chi connectivity index (χ1n) is 6.48. The molecule has 2 atom stereocenters. The van der Waals surface area contributed by atoms with Crippen LogP contribution in [0.25, 0.3) is 0 Å². The molecule has 0 amide bonds. The second-order valence-electron chi connectivity index (χ2n) is 4.98. The van der Waals surface area contributed by atoms with Gasteiger partial charge in [-0.15, -0.1) is 0 Å². The van der Waals surface area contributed by atoms with Crippen molar-refractivity contribution in [3.63, 3.8) is 0 Å². The van der Waals surface area contributed by atoms with Crippen LogP contribution in [0.3, 0.4) is 0 Å². The summed E-state index contributed by atoms with van der Waals surface area (Å²) in [7, 11) is 0. The summed E-state index contributed by atoms with van der Waals surface area (Å²) in [4.78, 5) is 4.26. The van der Waals surface area contributed by atoms with Crippen LogP contribution >= 0.6 is 0 Å². The van der Waals surface area contributed by atoms with Gasteiger partial charge in [-0.05, 0) is 26.2 Å². The number of nitrogens with one attached hydrogen (secondary N) is 1. The first-order chi connectivity index (χ1) is 8.83. The first-order valence-corrected chi connectivity index (χ1v) is 6.48. The lowest BCUT2D eigenvalue weighted by atomic mass is 9.97. The molecule has 1 aliphatic heterocycles. The molecular formula is C13H18N4O. The summed E-state index contributed by atoms with van der Waals surface area (Å²) in [6, 6.07) is 2.87. The van der Waals surface area contributed by atoms with Gasteiger partial charge in [0.25, 0.3) is 0 Å². The van der Waals surface area contributed by atoms with E-state index < -0.39 is 0 Å². The summed E-state index contributed by atoms with van der Waals surface area (Å²) in [6.45, 7) is 2.94. The molecule has 18 heavy (non-hydrogen) atoms. The van der Waals surface area contributed by atoms with Crippen molar-refractivity contribution in [3.05, 3.63) is 36.2 Å². The average molecular weight is 246 g/mol. The smallest absolute Gasteiger partial charge is 0.156 e. The largest absolute Gasteiger partial charge is 0.359 e. The van der Waals surface area contributed by atoms with Gasteiger partial charge in [-0.25, -0.2) is 4.98 Å². The van der Waals surface area contributed by atoms with Gasteiger partial charge in [-0.1, -0.05) is 5.16 Å². The van der Waals surface area contributed by atoms with Gasteiger partial charge < -0.3 is 14.4 Å². The van der Waals surface area contributed by atoms with Crippen molar-refractivity contribution in [3.8, 4) is 0 Å². The van der Waals surface area contributed by atoms with Crippen LogP contribution < -0.4 is 5.32 Å². The van der Waals surface area contributed by atoms with Crippen molar-refractivity contribution in [2.45, 2.75) is 44.8 Å². The van der Waals surface area contributed by atoms with Gasteiger partial charge in [-0.2, -0.15) is 0 Å². The Kier molecular flexibility index (Phi) is 3.15. The quantitative estimate of drug-likeness (QED) is 0.901. The Morgan fingerprint density at radius 2 is 2.44 bits per heavy atom. The molecule has 2 aromatic heterocycles. The average Bonchev–Trinajstić information content (AvgIpc) is 3.01. The van der Waals surface area contributed by atoms with E-state index in [4.69, 9.17) is 4.52 Å². The van der Waals surface area contributed by atoms with Crippen LogP contribution in [0.4, 0.5) is 0 Å². The van der Waals surface area contributed by atoms with E-state index in [2.05, 4.69) is 26.9 Å². The molecule has 0 radical (unpaired) electrons. The molecule has 0 bridgehead atoms. The first kappa shape index (κ1) is 11.5. The summed E-state index contributed by atoms with van der Waals surface area (Å²) in [5, 5.41) is 7.36. The van der Waals surface area contributed by atoms with Gasteiger partial charge in [0.05, 0.1) is 24.8 Å². The van der Waals surface area contributed by atoms with Crippen LogP contribution in [0, 0.1) is 0 Å². The predicted molar refractivity (Wildman–Crippen MR) is 67.0 cm³/mol. The highest BCUT2D eigenvalue weighted by Crippen LogP contribution is 2.25. The molecule has 3 rings (SSSR count). The SMILES string of the molecule is CC1CCCC(c2cncn2Cc2ccno2)N1. The van der Waals surface area contributed by atoms with Crippen molar-refractivity contribution < 1.29 is 4.52 Å². The maximum atomic E-state index is 5.15. The topological polar surface area (TPSA) is 55.9 Å². The number of rotatable bonds is 3. The molecule has 3 heterocycles. The summed E-state index contributed by atoms with van der Waals surface area (Å²) in [5.74, 6) is 0.859. The number of hydrogen-bond acceptors (Lipinski definition) is 4. The number of piperidine rings is 1. The van der Waals surface area contributed by atoms with Gasteiger partial charge in [0, 0.05) is 24.3 Å². The fourth-order valence-corrected chi connectivity index (χ4v) is 2.62. The van der Waals surface area contributed by atoms with E-state index in [1.54, 1.807) is 6.20 Å².